The highest BCUT2D eigenvalue weighted by atomic mass is 16.5. The number of ether oxygens (including phenoxy) is 2. The fourth-order valence-electron chi connectivity index (χ4n) is 2.64. The minimum absolute atomic E-state index is 0.572. The first-order chi connectivity index (χ1) is 12.8. The molecule has 134 valence electrons. The Balaban J connectivity index is 1.93. The third-order valence-corrected chi connectivity index (χ3v) is 3.71. The lowest BCUT2D eigenvalue weighted by Gasteiger charge is -2.17. The molecule has 0 amide bonds. The van der Waals surface area contributed by atoms with Gasteiger partial charge < -0.3 is 14.0 Å². The van der Waals surface area contributed by atoms with E-state index in [2.05, 4.69) is 10.5 Å². The molecule has 0 spiro atoms. The van der Waals surface area contributed by atoms with Crippen LogP contribution in [0.2, 0.25) is 0 Å². The van der Waals surface area contributed by atoms with Crippen LogP contribution in [-0.4, -0.2) is 24.0 Å². The van der Waals surface area contributed by atoms with E-state index in [9.17, 15) is 0 Å². The summed E-state index contributed by atoms with van der Waals surface area (Å²) >= 11 is 0. The molecule has 0 aliphatic heterocycles. The SMILES string of the molecule is CCOc1cc(C=NNc2ccccc2)cc(OCC)c1-n1cccc1. The molecule has 3 rings (SSSR count). The van der Waals surface area contributed by atoms with Gasteiger partial charge in [0.2, 0.25) is 0 Å². The van der Waals surface area contributed by atoms with Gasteiger partial charge in [-0.3, -0.25) is 5.43 Å². The number of hydrazone groups is 1. The molecule has 0 saturated heterocycles. The number of rotatable bonds is 8. The van der Waals surface area contributed by atoms with Crippen LogP contribution in [0.1, 0.15) is 19.4 Å². The summed E-state index contributed by atoms with van der Waals surface area (Å²) < 4.78 is 13.7. The molecule has 1 aromatic heterocycles. The van der Waals surface area contributed by atoms with Gasteiger partial charge >= 0.3 is 0 Å². The minimum atomic E-state index is 0.572. The zero-order valence-electron chi connectivity index (χ0n) is 15.1. The van der Waals surface area contributed by atoms with Crippen molar-refractivity contribution in [2.75, 3.05) is 18.6 Å². The Hall–Kier alpha value is -3.21. The Kier molecular flexibility index (Phi) is 5.93. The summed E-state index contributed by atoms with van der Waals surface area (Å²) in [7, 11) is 0. The number of nitrogens with zero attached hydrogens (tertiary/aromatic N) is 2. The molecule has 0 radical (unpaired) electrons. The first-order valence-corrected chi connectivity index (χ1v) is 8.73. The van der Waals surface area contributed by atoms with Crippen molar-refractivity contribution in [3.05, 3.63) is 72.6 Å². The maximum absolute atomic E-state index is 5.87. The van der Waals surface area contributed by atoms with E-state index in [4.69, 9.17) is 9.47 Å². The zero-order valence-corrected chi connectivity index (χ0v) is 15.1. The van der Waals surface area contributed by atoms with Crippen molar-refractivity contribution in [1.82, 2.24) is 4.57 Å². The molecule has 0 unspecified atom stereocenters. The molecular weight excluding hydrogens is 326 g/mol. The Morgan fingerprint density at radius 3 is 2.12 bits per heavy atom. The van der Waals surface area contributed by atoms with Gasteiger partial charge in [-0.25, -0.2) is 0 Å². The van der Waals surface area contributed by atoms with Crippen LogP contribution in [0.25, 0.3) is 5.69 Å². The molecule has 1 heterocycles. The van der Waals surface area contributed by atoms with E-state index in [-0.39, 0.29) is 0 Å². The molecule has 3 aromatic rings. The van der Waals surface area contributed by atoms with Crippen molar-refractivity contribution < 1.29 is 9.47 Å². The minimum Gasteiger partial charge on any atom is -0.492 e. The normalized spacial score (nSPS) is 10.8. The lowest BCUT2D eigenvalue weighted by atomic mass is 10.1. The van der Waals surface area contributed by atoms with Crippen LogP contribution >= 0.6 is 0 Å². The summed E-state index contributed by atoms with van der Waals surface area (Å²) in [5.74, 6) is 1.52. The average molecular weight is 349 g/mol. The van der Waals surface area contributed by atoms with Gasteiger partial charge in [0.1, 0.15) is 17.2 Å². The van der Waals surface area contributed by atoms with Crippen molar-refractivity contribution in [2.45, 2.75) is 13.8 Å². The summed E-state index contributed by atoms with van der Waals surface area (Å²) in [6.07, 6.45) is 5.72. The van der Waals surface area contributed by atoms with Crippen molar-refractivity contribution in [2.24, 2.45) is 5.10 Å². The summed E-state index contributed by atoms with van der Waals surface area (Å²) in [5, 5.41) is 4.31. The Morgan fingerprint density at radius 2 is 1.54 bits per heavy atom. The average Bonchev–Trinajstić information content (AvgIpc) is 3.17. The highest BCUT2D eigenvalue weighted by Gasteiger charge is 2.14. The predicted molar refractivity (Wildman–Crippen MR) is 106 cm³/mol. The van der Waals surface area contributed by atoms with Gasteiger partial charge in [-0.05, 0) is 50.2 Å². The summed E-state index contributed by atoms with van der Waals surface area (Å²) in [4.78, 5) is 0. The van der Waals surface area contributed by atoms with E-state index in [1.807, 2.05) is 85.4 Å². The number of para-hydroxylation sites is 1. The van der Waals surface area contributed by atoms with Crippen molar-refractivity contribution in [1.29, 1.82) is 0 Å². The van der Waals surface area contributed by atoms with Crippen LogP contribution in [0.15, 0.2) is 72.1 Å². The Morgan fingerprint density at radius 1 is 0.923 bits per heavy atom. The van der Waals surface area contributed by atoms with Crippen molar-refractivity contribution in [3.63, 3.8) is 0 Å². The van der Waals surface area contributed by atoms with Crippen LogP contribution in [0.4, 0.5) is 5.69 Å². The standard InChI is InChI=1S/C21H23N3O2/c1-3-25-19-14-17(16-22-23-18-10-6-5-7-11-18)15-20(26-4-2)21(19)24-12-8-9-13-24/h5-16,23H,3-4H2,1-2H3. The summed E-state index contributed by atoms with van der Waals surface area (Å²) in [6, 6.07) is 17.7. The van der Waals surface area contributed by atoms with E-state index in [0.717, 1.165) is 28.4 Å². The predicted octanol–water partition coefficient (Wildman–Crippen LogP) is 4.72. The molecule has 5 heteroatoms. The summed E-state index contributed by atoms with van der Waals surface area (Å²) in [6.45, 7) is 5.08. The number of nitrogens with one attached hydrogen (secondary N) is 1. The van der Waals surface area contributed by atoms with E-state index >= 15 is 0 Å². The van der Waals surface area contributed by atoms with Crippen LogP contribution in [0, 0.1) is 0 Å². The van der Waals surface area contributed by atoms with Gasteiger partial charge in [0.25, 0.3) is 0 Å². The van der Waals surface area contributed by atoms with Crippen LogP contribution in [0.3, 0.4) is 0 Å². The molecule has 0 bridgehead atoms. The quantitative estimate of drug-likeness (QED) is 0.473. The van der Waals surface area contributed by atoms with E-state index in [0.29, 0.717) is 13.2 Å². The number of hydrogen-bond donors (Lipinski definition) is 1. The van der Waals surface area contributed by atoms with Crippen LogP contribution in [-0.2, 0) is 0 Å². The van der Waals surface area contributed by atoms with Gasteiger partial charge in [-0.2, -0.15) is 5.10 Å². The smallest absolute Gasteiger partial charge is 0.147 e. The molecule has 26 heavy (non-hydrogen) atoms. The molecule has 5 nitrogen and oxygen atoms in total. The molecule has 0 fully saturated rings. The maximum atomic E-state index is 5.87. The molecule has 2 aromatic carbocycles. The highest BCUT2D eigenvalue weighted by molar-refractivity contribution is 5.83. The molecule has 0 aliphatic carbocycles. The van der Waals surface area contributed by atoms with Gasteiger partial charge in [0.05, 0.1) is 25.1 Å². The highest BCUT2D eigenvalue weighted by Crippen LogP contribution is 2.34. The lowest BCUT2D eigenvalue weighted by molar-refractivity contribution is 0.321. The third kappa shape index (κ3) is 4.25. The molecule has 0 aliphatic rings. The second-order valence-electron chi connectivity index (χ2n) is 5.56. The third-order valence-electron chi connectivity index (χ3n) is 3.71. The first kappa shape index (κ1) is 17.6. The van der Waals surface area contributed by atoms with Crippen LogP contribution < -0.4 is 14.9 Å². The Bertz CT molecular complexity index is 816. The Labute approximate surface area is 153 Å². The monoisotopic (exact) mass is 349 g/mol. The number of hydrogen-bond acceptors (Lipinski definition) is 4. The zero-order chi connectivity index (χ0) is 18.2. The number of aromatic nitrogens is 1. The molecule has 0 saturated carbocycles. The van der Waals surface area contributed by atoms with Crippen LogP contribution in [0.5, 0.6) is 11.5 Å². The lowest BCUT2D eigenvalue weighted by Crippen LogP contribution is -2.05. The summed E-state index contributed by atoms with van der Waals surface area (Å²) in [5.41, 5.74) is 5.75. The van der Waals surface area contributed by atoms with E-state index < -0.39 is 0 Å². The van der Waals surface area contributed by atoms with Gasteiger partial charge in [0.15, 0.2) is 0 Å². The number of benzene rings is 2. The topological polar surface area (TPSA) is 47.8 Å². The van der Waals surface area contributed by atoms with Crippen molar-refractivity contribution in [3.8, 4) is 17.2 Å². The molecule has 1 N–H and O–H groups in total. The van der Waals surface area contributed by atoms with E-state index in [1.54, 1.807) is 6.21 Å². The fourth-order valence-corrected chi connectivity index (χ4v) is 2.64. The fraction of sp³-hybridized carbons (Fsp3) is 0.190. The molecular formula is C21H23N3O2. The van der Waals surface area contributed by atoms with Gasteiger partial charge in [-0.15, -0.1) is 0 Å². The van der Waals surface area contributed by atoms with E-state index in [1.165, 1.54) is 0 Å². The molecule has 0 atom stereocenters. The van der Waals surface area contributed by atoms with Crippen molar-refractivity contribution >= 4 is 11.9 Å². The number of anilines is 1. The van der Waals surface area contributed by atoms with Gasteiger partial charge in [-0.1, -0.05) is 18.2 Å². The largest absolute Gasteiger partial charge is 0.492 e. The second kappa shape index (κ2) is 8.76. The first-order valence-electron chi connectivity index (χ1n) is 8.73. The van der Waals surface area contributed by atoms with Gasteiger partial charge in [0, 0.05) is 18.0 Å². The second-order valence-corrected chi connectivity index (χ2v) is 5.56. The maximum Gasteiger partial charge on any atom is 0.147 e.